The molecule has 2 fully saturated rings. The molecule has 45 heavy (non-hydrogen) atoms. The van der Waals surface area contributed by atoms with Gasteiger partial charge in [-0.05, 0) is 60.2 Å². The number of hydrogen-bond acceptors (Lipinski definition) is 5. The van der Waals surface area contributed by atoms with E-state index in [2.05, 4.69) is 56.0 Å². The van der Waals surface area contributed by atoms with Gasteiger partial charge in [-0.25, -0.2) is 14.5 Å². The lowest BCUT2D eigenvalue weighted by atomic mass is 9.93. The largest absolute Gasteiger partial charge is 0.573 e. The Morgan fingerprint density at radius 1 is 1.04 bits per heavy atom. The number of amides is 2. The van der Waals surface area contributed by atoms with Crippen molar-refractivity contribution in [2.45, 2.75) is 57.3 Å². The molecule has 0 spiro atoms. The number of ether oxygens (including phenoxy) is 1. The van der Waals surface area contributed by atoms with Gasteiger partial charge in [-0.15, -0.1) is 18.3 Å². The smallest absolute Gasteiger partial charge is 0.406 e. The van der Waals surface area contributed by atoms with Crippen LogP contribution in [-0.2, 0) is 0 Å². The zero-order valence-electron chi connectivity index (χ0n) is 24.9. The first-order valence-corrected chi connectivity index (χ1v) is 15.9. The molecule has 1 aliphatic heterocycles. The van der Waals surface area contributed by atoms with Crippen molar-refractivity contribution >= 4 is 28.6 Å². The molecule has 1 N–H and O–H groups in total. The molecule has 1 aromatic heterocycles. The Hall–Kier alpha value is -4.32. The number of halogens is 3. The topological polar surface area (TPSA) is 84.6 Å². The molecule has 1 saturated carbocycles. The number of nitrogens with zero attached hydrogens (tertiary/aromatic N) is 5. The Bertz CT molecular complexity index is 1670. The van der Waals surface area contributed by atoms with Crippen LogP contribution in [-0.4, -0.2) is 50.7 Å². The molecule has 2 heterocycles. The molecule has 2 aliphatic rings. The molecule has 4 aromatic rings. The minimum Gasteiger partial charge on any atom is -0.406 e. The van der Waals surface area contributed by atoms with Gasteiger partial charge in [-0.1, -0.05) is 74.5 Å². The molecular weight excluding hydrogens is 601 g/mol. The lowest BCUT2D eigenvalue weighted by Gasteiger charge is -2.24. The van der Waals surface area contributed by atoms with Gasteiger partial charge < -0.3 is 15.0 Å². The molecule has 0 radical (unpaired) electrons. The number of nitrogens with one attached hydrogen (secondary N) is 1. The Morgan fingerprint density at radius 3 is 2.53 bits per heavy atom. The molecule has 6 rings (SSSR count). The summed E-state index contributed by atoms with van der Waals surface area (Å²) in [6.45, 7) is 5.16. The maximum atomic E-state index is 13.2. The maximum Gasteiger partial charge on any atom is 0.573 e. The highest BCUT2D eigenvalue weighted by Crippen LogP contribution is 2.36. The molecule has 1 saturated heterocycles. The van der Waals surface area contributed by atoms with Gasteiger partial charge in [0.15, 0.2) is 11.0 Å². The van der Waals surface area contributed by atoms with E-state index in [9.17, 15) is 18.0 Å². The van der Waals surface area contributed by atoms with E-state index in [4.69, 9.17) is 0 Å². The number of aliphatic imine (C=N–C) groups is 1. The van der Waals surface area contributed by atoms with Crippen LogP contribution in [0.4, 0.5) is 23.7 Å². The summed E-state index contributed by atoms with van der Waals surface area (Å²) in [5, 5.41) is 8.41. The van der Waals surface area contributed by atoms with E-state index in [1.165, 1.54) is 40.8 Å². The molecule has 0 bridgehead atoms. The Kier molecular flexibility index (Phi) is 8.84. The van der Waals surface area contributed by atoms with Crippen molar-refractivity contribution in [3.8, 4) is 22.8 Å². The fourth-order valence-electron chi connectivity index (χ4n) is 5.95. The predicted molar refractivity (Wildman–Crippen MR) is 170 cm³/mol. The first-order chi connectivity index (χ1) is 21.6. The average Bonchev–Trinajstić information content (AvgIpc) is 3.79. The zero-order chi connectivity index (χ0) is 31.6. The number of anilines is 1. The van der Waals surface area contributed by atoms with Crippen LogP contribution in [0.25, 0.3) is 17.1 Å². The average molecular weight is 635 g/mol. The van der Waals surface area contributed by atoms with Crippen molar-refractivity contribution in [1.29, 1.82) is 0 Å². The van der Waals surface area contributed by atoms with E-state index in [1.807, 2.05) is 36.4 Å². The molecule has 2 amide bonds. The number of benzene rings is 3. The van der Waals surface area contributed by atoms with E-state index in [0.717, 1.165) is 53.5 Å². The number of amidine groups is 1. The van der Waals surface area contributed by atoms with Gasteiger partial charge in [-0.2, -0.15) is 4.99 Å². The number of carbonyl (C=O) groups is 1. The summed E-state index contributed by atoms with van der Waals surface area (Å²) >= 11 is 1.61. The van der Waals surface area contributed by atoms with Crippen molar-refractivity contribution in [2.75, 3.05) is 17.2 Å². The molecule has 234 valence electrons. The highest BCUT2D eigenvalue weighted by atomic mass is 32.2. The van der Waals surface area contributed by atoms with Gasteiger partial charge in [0.1, 0.15) is 12.1 Å². The fraction of sp³-hybridized carbons (Fsp3) is 0.333. The third-order valence-electron chi connectivity index (χ3n) is 8.07. The first kappa shape index (κ1) is 30.7. The number of aromatic nitrogens is 3. The summed E-state index contributed by atoms with van der Waals surface area (Å²) in [5.41, 5.74) is 4.83. The molecule has 8 nitrogen and oxygen atoms in total. The van der Waals surface area contributed by atoms with Crippen molar-refractivity contribution in [3.63, 3.8) is 0 Å². The second kappa shape index (κ2) is 13.0. The van der Waals surface area contributed by atoms with Gasteiger partial charge in [0, 0.05) is 35.5 Å². The highest BCUT2D eigenvalue weighted by Gasteiger charge is 2.32. The third kappa shape index (κ3) is 7.16. The van der Waals surface area contributed by atoms with Gasteiger partial charge in [0.05, 0.1) is 5.69 Å². The van der Waals surface area contributed by atoms with E-state index in [-0.39, 0.29) is 23.7 Å². The van der Waals surface area contributed by atoms with Crippen LogP contribution in [0.15, 0.2) is 84.1 Å². The SMILES string of the molecule is CC(C)c1ccccc1N1CCS/C1=N\C(=O)NC1CCCC1c1ccc(-c2ncn(-c3ccc(OC(F)(F)F)cc3)n2)cc1. The van der Waals surface area contributed by atoms with Crippen LogP contribution in [0.1, 0.15) is 56.1 Å². The van der Waals surface area contributed by atoms with Crippen LogP contribution in [0.5, 0.6) is 5.75 Å². The number of hydrogen-bond donors (Lipinski definition) is 1. The van der Waals surface area contributed by atoms with Crippen LogP contribution >= 0.6 is 11.8 Å². The number of rotatable bonds is 7. The summed E-state index contributed by atoms with van der Waals surface area (Å²) in [7, 11) is 0. The van der Waals surface area contributed by atoms with E-state index < -0.39 is 6.36 Å². The van der Waals surface area contributed by atoms with Crippen LogP contribution in [0.2, 0.25) is 0 Å². The summed E-state index contributed by atoms with van der Waals surface area (Å²) in [6, 6.07) is 21.4. The third-order valence-corrected chi connectivity index (χ3v) is 9.03. The molecule has 1 aliphatic carbocycles. The van der Waals surface area contributed by atoms with E-state index in [1.54, 1.807) is 11.8 Å². The number of thioether (sulfide) groups is 1. The zero-order valence-corrected chi connectivity index (χ0v) is 25.7. The van der Waals surface area contributed by atoms with Gasteiger partial charge >= 0.3 is 12.4 Å². The van der Waals surface area contributed by atoms with Gasteiger partial charge in [-0.3, -0.25) is 0 Å². The van der Waals surface area contributed by atoms with Gasteiger partial charge in [0.25, 0.3) is 0 Å². The van der Waals surface area contributed by atoms with E-state index in [0.29, 0.717) is 17.4 Å². The minimum atomic E-state index is -4.75. The summed E-state index contributed by atoms with van der Waals surface area (Å²) < 4.78 is 42.8. The van der Waals surface area contributed by atoms with Gasteiger partial charge in [0.2, 0.25) is 0 Å². The molecule has 3 aromatic carbocycles. The second-order valence-electron chi connectivity index (χ2n) is 11.4. The van der Waals surface area contributed by atoms with Crippen LogP contribution in [0.3, 0.4) is 0 Å². The van der Waals surface area contributed by atoms with Crippen molar-refractivity contribution in [2.24, 2.45) is 4.99 Å². The molecular formula is C33H33F3N6O2S. The lowest BCUT2D eigenvalue weighted by Crippen LogP contribution is -2.36. The Balaban J connectivity index is 1.11. The van der Waals surface area contributed by atoms with Crippen molar-refractivity contribution < 1.29 is 22.7 Å². The van der Waals surface area contributed by atoms with Crippen LogP contribution < -0.4 is 15.0 Å². The molecule has 2 atom stereocenters. The lowest BCUT2D eigenvalue weighted by molar-refractivity contribution is -0.274. The normalized spacial score (nSPS) is 19.4. The number of urea groups is 1. The van der Waals surface area contributed by atoms with Crippen LogP contribution in [0, 0.1) is 0 Å². The first-order valence-electron chi connectivity index (χ1n) is 14.9. The minimum absolute atomic E-state index is 0.0165. The quantitative estimate of drug-likeness (QED) is 0.222. The monoisotopic (exact) mass is 634 g/mol. The number of para-hydroxylation sites is 1. The molecule has 12 heteroatoms. The highest BCUT2D eigenvalue weighted by molar-refractivity contribution is 8.14. The summed E-state index contributed by atoms with van der Waals surface area (Å²) in [4.78, 5) is 24.2. The second-order valence-corrected chi connectivity index (χ2v) is 12.4. The predicted octanol–water partition coefficient (Wildman–Crippen LogP) is 7.91. The Morgan fingerprint density at radius 2 is 1.80 bits per heavy atom. The van der Waals surface area contributed by atoms with E-state index >= 15 is 0 Å². The Labute approximate surface area is 263 Å². The summed E-state index contributed by atoms with van der Waals surface area (Å²) in [5.74, 6) is 1.60. The number of carbonyl (C=O) groups excluding carboxylic acids is 1. The maximum absolute atomic E-state index is 13.2. The molecule has 2 unspecified atom stereocenters. The van der Waals surface area contributed by atoms with Crippen molar-refractivity contribution in [3.05, 3.63) is 90.3 Å². The fourth-order valence-corrected chi connectivity index (χ4v) is 6.90. The number of alkyl halides is 3. The summed E-state index contributed by atoms with van der Waals surface area (Å²) in [6.07, 6.45) is -0.379. The standard InChI is InChI=1S/C33H33F3N6O2S/c1-21(2)26-6-3-4-9-29(26)41-18-19-45-32(41)39-31(43)38-28-8-5-7-27(28)22-10-12-23(13-11-22)30-37-20-42(40-30)24-14-16-25(17-15-24)44-33(34,35)36/h3-4,6,9-17,20-21,27-28H,5,7-8,18-19H2,1-2H3,(H,38,43)/b39-32-. The van der Waals surface area contributed by atoms with Crippen molar-refractivity contribution in [1.82, 2.24) is 20.1 Å².